The van der Waals surface area contributed by atoms with Crippen LogP contribution in [0.25, 0.3) is 11.0 Å². The van der Waals surface area contributed by atoms with E-state index in [1.54, 1.807) is 16.2 Å². The second-order valence-electron chi connectivity index (χ2n) is 11.8. The molecule has 40 heavy (non-hydrogen) atoms. The lowest BCUT2D eigenvalue weighted by atomic mass is 9.88. The zero-order chi connectivity index (χ0) is 27.8. The number of para-hydroxylation sites is 1. The highest BCUT2D eigenvalue weighted by molar-refractivity contribution is 6.00. The molecule has 5 heterocycles. The number of fused-ring (bicyclic) bond motifs is 2. The second-order valence-corrected chi connectivity index (χ2v) is 11.8. The lowest BCUT2D eigenvalue weighted by Gasteiger charge is -2.32. The fourth-order valence-electron chi connectivity index (χ4n) is 7.23. The zero-order valence-corrected chi connectivity index (χ0v) is 23.3. The van der Waals surface area contributed by atoms with E-state index in [9.17, 15) is 19.2 Å². The summed E-state index contributed by atoms with van der Waals surface area (Å²) in [6, 6.07) is 5.91. The highest BCUT2D eigenvalue weighted by Gasteiger charge is 2.36. The van der Waals surface area contributed by atoms with Crippen molar-refractivity contribution in [1.29, 1.82) is 0 Å². The number of piperidine rings is 2. The molecular formula is C29H40N6O5. The molecule has 2 aromatic rings. The maximum absolute atomic E-state index is 13.2. The van der Waals surface area contributed by atoms with E-state index in [0.717, 1.165) is 55.5 Å². The van der Waals surface area contributed by atoms with E-state index in [2.05, 4.69) is 20.4 Å². The lowest BCUT2D eigenvalue weighted by molar-refractivity contribution is -0.135. The van der Waals surface area contributed by atoms with Gasteiger partial charge in [-0.25, -0.2) is 4.79 Å². The van der Waals surface area contributed by atoms with Crippen molar-refractivity contribution in [3.05, 3.63) is 34.2 Å². The molecule has 3 amide bonds. The fraction of sp³-hybridized carbons (Fsp3) is 0.655. The number of nitrogens with zero attached hydrogens (tertiary/aromatic N) is 4. The van der Waals surface area contributed by atoms with Gasteiger partial charge in [-0.3, -0.25) is 38.6 Å². The molecule has 2 N–H and O–H groups in total. The molecule has 0 radical (unpaired) electrons. The van der Waals surface area contributed by atoms with Crippen LogP contribution in [0.15, 0.2) is 23.0 Å². The Hall–Kier alpha value is -3.02. The SMILES string of the molecule is Cn1c(=O)n(C2CCC(=O)NC2=O)c2c(C3CCN(CC(=O)NCCOC4CC5CCCN5C4)CC3)cccc21. The van der Waals surface area contributed by atoms with Crippen molar-refractivity contribution in [2.75, 3.05) is 45.9 Å². The van der Waals surface area contributed by atoms with Crippen LogP contribution in [0.5, 0.6) is 0 Å². The molecule has 11 heteroatoms. The first-order chi connectivity index (χ1) is 19.4. The van der Waals surface area contributed by atoms with Gasteiger partial charge in [-0.1, -0.05) is 12.1 Å². The molecule has 0 spiro atoms. The first kappa shape index (κ1) is 27.2. The highest BCUT2D eigenvalue weighted by atomic mass is 16.5. The van der Waals surface area contributed by atoms with Gasteiger partial charge in [-0.2, -0.15) is 0 Å². The third kappa shape index (κ3) is 5.34. The van der Waals surface area contributed by atoms with Gasteiger partial charge >= 0.3 is 5.69 Å². The van der Waals surface area contributed by atoms with Gasteiger partial charge in [0.25, 0.3) is 0 Å². The van der Waals surface area contributed by atoms with Crippen molar-refractivity contribution in [2.45, 2.75) is 69.1 Å². The standard InChI is InChI=1S/C29H40N6O5/c1-32-23-6-2-5-22(27(23)35(29(32)39)24-7-8-25(36)31-28(24)38)19-9-13-33(14-10-19)18-26(37)30-11-15-40-21-16-20-4-3-12-34(20)17-21/h2,5-6,19-21,24H,3-4,7-18H2,1H3,(H,30,37)(H,31,36,38). The quantitative estimate of drug-likeness (QED) is 0.369. The summed E-state index contributed by atoms with van der Waals surface area (Å²) in [6.07, 6.45) is 6.23. The van der Waals surface area contributed by atoms with E-state index in [1.807, 2.05) is 18.2 Å². The van der Waals surface area contributed by atoms with E-state index in [0.29, 0.717) is 38.3 Å². The van der Waals surface area contributed by atoms with Crippen molar-refractivity contribution < 1.29 is 19.1 Å². The number of imide groups is 1. The minimum atomic E-state index is -0.700. The van der Waals surface area contributed by atoms with Crippen molar-refractivity contribution in [3.63, 3.8) is 0 Å². The molecule has 4 aliphatic rings. The normalized spacial score (nSPS) is 26.4. The first-order valence-electron chi connectivity index (χ1n) is 14.8. The van der Waals surface area contributed by atoms with Crippen LogP contribution in [0.2, 0.25) is 0 Å². The molecule has 3 unspecified atom stereocenters. The molecule has 1 aromatic heterocycles. The van der Waals surface area contributed by atoms with Crippen LogP contribution in [0, 0.1) is 0 Å². The molecule has 0 bridgehead atoms. The number of rotatable bonds is 8. The minimum Gasteiger partial charge on any atom is -0.375 e. The Kier molecular flexibility index (Phi) is 7.78. The summed E-state index contributed by atoms with van der Waals surface area (Å²) in [6.45, 7) is 5.22. The van der Waals surface area contributed by atoms with Gasteiger partial charge in [0.05, 0.1) is 30.3 Å². The Morgan fingerprint density at radius 2 is 1.93 bits per heavy atom. The molecule has 4 fully saturated rings. The number of amides is 3. The number of imidazole rings is 1. The third-order valence-electron chi connectivity index (χ3n) is 9.31. The van der Waals surface area contributed by atoms with Gasteiger partial charge in [0.2, 0.25) is 17.7 Å². The average Bonchev–Trinajstić information content (AvgIpc) is 3.61. The van der Waals surface area contributed by atoms with Crippen molar-refractivity contribution in [3.8, 4) is 0 Å². The van der Waals surface area contributed by atoms with Crippen molar-refractivity contribution >= 4 is 28.8 Å². The number of nitrogens with one attached hydrogen (secondary N) is 2. The van der Waals surface area contributed by atoms with Crippen LogP contribution in [-0.4, -0.2) is 94.7 Å². The maximum Gasteiger partial charge on any atom is 0.329 e. The van der Waals surface area contributed by atoms with Crippen LogP contribution in [-0.2, 0) is 26.2 Å². The summed E-state index contributed by atoms with van der Waals surface area (Å²) in [5, 5.41) is 5.40. The first-order valence-corrected chi connectivity index (χ1v) is 14.8. The molecule has 3 atom stereocenters. The van der Waals surface area contributed by atoms with Gasteiger partial charge < -0.3 is 10.1 Å². The van der Waals surface area contributed by atoms with E-state index < -0.39 is 11.9 Å². The smallest absolute Gasteiger partial charge is 0.329 e. The Morgan fingerprint density at radius 3 is 2.70 bits per heavy atom. The topological polar surface area (TPSA) is 118 Å². The number of likely N-dealkylation sites (tertiary alicyclic amines) is 1. The fourth-order valence-corrected chi connectivity index (χ4v) is 7.23. The number of hydrogen-bond acceptors (Lipinski definition) is 7. The van der Waals surface area contributed by atoms with E-state index in [-0.39, 0.29) is 29.8 Å². The summed E-state index contributed by atoms with van der Waals surface area (Å²) in [5.74, 6) is -0.492. The summed E-state index contributed by atoms with van der Waals surface area (Å²) in [5.41, 5.74) is 2.37. The van der Waals surface area contributed by atoms with Crippen LogP contribution in [0.3, 0.4) is 0 Å². The Balaban J connectivity index is 1.03. The molecule has 4 saturated heterocycles. The summed E-state index contributed by atoms with van der Waals surface area (Å²) >= 11 is 0. The molecular weight excluding hydrogens is 512 g/mol. The molecule has 0 saturated carbocycles. The number of carbonyl (C=O) groups excluding carboxylic acids is 3. The minimum absolute atomic E-state index is 0.0194. The van der Waals surface area contributed by atoms with Crippen LogP contribution < -0.4 is 16.3 Å². The van der Waals surface area contributed by atoms with Gasteiger partial charge in [0.15, 0.2) is 0 Å². The maximum atomic E-state index is 13.2. The van der Waals surface area contributed by atoms with Crippen LogP contribution >= 0.6 is 0 Å². The number of ether oxygens (including phenoxy) is 1. The summed E-state index contributed by atoms with van der Waals surface area (Å²) in [7, 11) is 1.72. The molecule has 6 rings (SSSR count). The van der Waals surface area contributed by atoms with E-state index in [1.165, 1.54) is 19.4 Å². The monoisotopic (exact) mass is 552 g/mol. The number of hydrogen-bond donors (Lipinski definition) is 2. The Bertz CT molecular complexity index is 1330. The number of benzene rings is 1. The van der Waals surface area contributed by atoms with Gasteiger partial charge in [-0.15, -0.1) is 0 Å². The second kappa shape index (κ2) is 11.5. The Labute approximate surface area is 233 Å². The lowest BCUT2D eigenvalue weighted by Crippen LogP contribution is -2.44. The summed E-state index contributed by atoms with van der Waals surface area (Å²) < 4.78 is 9.19. The molecule has 216 valence electrons. The van der Waals surface area contributed by atoms with Crippen LogP contribution in [0.1, 0.15) is 62.5 Å². The molecule has 1 aromatic carbocycles. The van der Waals surface area contributed by atoms with Crippen molar-refractivity contribution in [1.82, 2.24) is 29.6 Å². The van der Waals surface area contributed by atoms with Gasteiger partial charge in [0, 0.05) is 32.6 Å². The van der Waals surface area contributed by atoms with Gasteiger partial charge in [-0.05, 0) is 75.7 Å². The molecule has 11 nitrogen and oxygen atoms in total. The summed E-state index contributed by atoms with van der Waals surface area (Å²) in [4.78, 5) is 55.0. The van der Waals surface area contributed by atoms with Crippen molar-refractivity contribution in [2.24, 2.45) is 7.05 Å². The van der Waals surface area contributed by atoms with E-state index >= 15 is 0 Å². The molecule has 4 aliphatic heterocycles. The van der Waals surface area contributed by atoms with Gasteiger partial charge in [0.1, 0.15) is 6.04 Å². The largest absolute Gasteiger partial charge is 0.375 e. The zero-order valence-electron chi connectivity index (χ0n) is 23.3. The highest BCUT2D eigenvalue weighted by Crippen LogP contribution is 2.35. The Morgan fingerprint density at radius 1 is 1.10 bits per heavy atom. The van der Waals surface area contributed by atoms with E-state index in [4.69, 9.17) is 4.74 Å². The van der Waals surface area contributed by atoms with Crippen LogP contribution in [0.4, 0.5) is 0 Å². The predicted molar refractivity (Wildman–Crippen MR) is 149 cm³/mol. The number of aryl methyl sites for hydroxylation is 1. The predicted octanol–water partition coefficient (Wildman–Crippen LogP) is 0.867. The number of aromatic nitrogens is 2. The molecule has 0 aliphatic carbocycles. The third-order valence-corrected chi connectivity index (χ3v) is 9.31. The number of carbonyl (C=O) groups is 3. The average molecular weight is 553 g/mol.